The first-order chi connectivity index (χ1) is 17.9. The summed E-state index contributed by atoms with van der Waals surface area (Å²) in [7, 11) is 0. The van der Waals surface area contributed by atoms with Crippen molar-refractivity contribution in [1.82, 2.24) is 15.6 Å². The van der Waals surface area contributed by atoms with E-state index in [2.05, 4.69) is 15.6 Å². The van der Waals surface area contributed by atoms with Crippen molar-refractivity contribution < 1.29 is 28.6 Å². The molecule has 2 heterocycles. The summed E-state index contributed by atoms with van der Waals surface area (Å²) < 4.78 is 25.4. The Kier molecular flexibility index (Phi) is 9.88. The Morgan fingerprint density at radius 2 is 1.68 bits per heavy atom. The number of aromatic nitrogens is 1. The van der Waals surface area contributed by atoms with Crippen LogP contribution in [0.5, 0.6) is 11.6 Å². The number of thioether (sulfide) groups is 1. The van der Waals surface area contributed by atoms with Crippen LogP contribution in [0.15, 0.2) is 30.5 Å². The number of carbonyl (C=O) groups is 2. The molecule has 1 aromatic carbocycles. The van der Waals surface area contributed by atoms with Gasteiger partial charge >= 0.3 is 0 Å². The van der Waals surface area contributed by atoms with Gasteiger partial charge in [0.15, 0.2) is 0 Å². The van der Waals surface area contributed by atoms with E-state index in [1.807, 2.05) is 11.8 Å². The SMILES string of the molecule is O=C(NC1CCC(NC(=O)c2cc(F)cnc2OC2CCSCC2)CC1)c1ccc(Cl)cc1OCCO. The van der Waals surface area contributed by atoms with Crippen molar-refractivity contribution >= 4 is 35.2 Å². The average molecular weight is 552 g/mol. The fraction of sp³-hybridized carbons (Fsp3) is 0.500. The topological polar surface area (TPSA) is 110 Å². The van der Waals surface area contributed by atoms with E-state index in [4.69, 9.17) is 26.2 Å². The van der Waals surface area contributed by atoms with Crippen LogP contribution in [-0.4, -0.2) is 64.8 Å². The zero-order chi connectivity index (χ0) is 26.2. The maximum atomic E-state index is 13.9. The normalized spacial score (nSPS) is 20.2. The van der Waals surface area contributed by atoms with Gasteiger partial charge in [0.05, 0.1) is 18.4 Å². The number of nitrogens with one attached hydrogen (secondary N) is 2. The van der Waals surface area contributed by atoms with Crippen molar-refractivity contribution in [3.63, 3.8) is 0 Å². The molecule has 0 bridgehead atoms. The van der Waals surface area contributed by atoms with Crippen molar-refractivity contribution in [3.8, 4) is 11.6 Å². The van der Waals surface area contributed by atoms with E-state index in [0.717, 1.165) is 30.5 Å². The second-order valence-corrected chi connectivity index (χ2v) is 10.8. The van der Waals surface area contributed by atoms with E-state index >= 15 is 0 Å². The predicted molar refractivity (Wildman–Crippen MR) is 140 cm³/mol. The summed E-state index contributed by atoms with van der Waals surface area (Å²) in [5.41, 5.74) is 0.447. The number of carbonyl (C=O) groups excluding carboxylic acids is 2. The summed E-state index contributed by atoms with van der Waals surface area (Å²) >= 11 is 7.88. The summed E-state index contributed by atoms with van der Waals surface area (Å²) in [6, 6.07) is 5.74. The van der Waals surface area contributed by atoms with Gasteiger partial charge in [-0.2, -0.15) is 11.8 Å². The number of aliphatic hydroxyl groups is 1. The van der Waals surface area contributed by atoms with Crippen molar-refractivity contribution in [2.75, 3.05) is 24.7 Å². The molecule has 1 aliphatic carbocycles. The first-order valence-electron chi connectivity index (χ1n) is 12.5. The number of ether oxygens (including phenoxy) is 2. The fourth-order valence-corrected chi connectivity index (χ4v) is 5.73. The molecule has 11 heteroatoms. The van der Waals surface area contributed by atoms with E-state index in [9.17, 15) is 14.0 Å². The first-order valence-corrected chi connectivity index (χ1v) is 14.0. The van der Waals surface area contributed by atoms with Crippen molar-refractivity contribution in [2.24, 2.45) is 0 Å². The van der Waals surface area contributed by atoms with Crippen LogP contribution in [0, 0.1) is 5.82 Å². The zero-order valence-corrected chi connectivity index (χ0v) is 22.0. The third-order valence-corrected chi connectivity index (χ3v) is 7.73. The monoisotopic (exact) mass is 551 g/mol. The Bertz CT molecular complexity index is 1090. The Balaban J connectivity index is 1.31. The molecule has 0 atom stereocenters. The van der Waals surface area contributed by atoms with E-state index in [0.29, 0.717) is 42.0 Å². The lowest BCUT2D eigenvalue weighted by Gasteiger charge is -2.30. The smallest absolute Gasteiger partial charge is 0.257 e. The Morgan fingerprint density at radius 1 is 1.03 bits per heavy atom. The quantitative estimate of drug-likeness (QED) is 0.432. The van der Waals surface area contributed by atoms with Gasteiger partial charge in [-0.1, -0.05) is 11.6 Å². The summed E-state index contributed by atoms with van der Waals surface area (Å²) in [5.74, 6) is 1.17. The van der Waals surface area contributed by atoms with Gasteiger partial charge in [0, 0.05) is 17.1 Å². The standard InChI is InChI=1S/C26H31ClFN3O5S/c27-16-1-6-21(23(13-16)35-10-9-32)24(33)30-18-2-4-19(5-3-18)31-25(34)22-14-17(28)15-29-26(22)36-20-7-11-37-12-8-20/h1,6,13-15,18-20,32H,2-5,7-12H2,(H,30,33)(H,31,34). The lowest BCUT2D eigenvalue weighted by atomic mass is 9.90. The van der Waals surface area contributed by atoms with Gasteiger partial charge in [0.25, 0.3) is 11.8 Å². The molecule has 2 fully saturated rings. The van der Waals surface area contributed by atoms with E-state index in [-0.39, 0.29) is 48.8 Å². The van der Waals surface area contributed by atoms with Crippen molar-refractivity contribution in [2.45, 2.75) is 56.7 Å². The van der Waals surface area contributed by atoms with Gasteiger partial charge in [-0.3, -0.25) is 9.59 Å². The highest BCUT2D eigenvalue weighted by atomic mass is 35.5. The molecular formula is C26H31ClFN3O5S. The Labute approximate surface area is 224 Å². The van der Waals surface area contributed by atoms with Crippen LogP contribution in [-0.2, 0) is 0 Å². The maximum absolute atomic E-state index is 13.9. The molecule has 3 N–H and O–H groups in total. The minimum atomic E-state index is -0.590. The van der Waals surface area contributed by atoms with Gasteiger partial charge in [-0.05, 0) is 74.3 Å². The van der Waals surface area contributed by atoms with E-state index < -0.39 is 11.7 Å². The second kappa shape index (κ2) is 13.3. The van der Waals surface area contributed by atoms with Crippen molar-refractivity contribution in [1.29, 1.82) is 0 Å². The highest BCUT2D eigenvalue weighted by Gasteiger charge is 2.27. The number of rotatable bonds is 9. The maximum Gasteiger partial charge on any atom is 0.257 e. The third kappa shape index (κ3) is 7.72. The third-order valence-electron chi connectivity index (χ3n) is 6.44. The van der Waals surface area contributed by atoms with Crippen LogP contribution < -0.4 is 20.1 Å². The first kappa shape index (κ1) is 27.5. The zero-order valence-electron chi connectivity index (χ0n) is 20.4. The Morgan fingerprint density at radius 3 is 2.32 bits per heavy atom. The number of hydrogen-bond donors (Lipinski definition) is 3. The minimum Gasteiger partial charge on any atom is -0.490 e. The molecule has 2 amide bonds. The number of pyridine rings is 1. The summed E-state index contributed by atoms with van der Waals surface area (Å²) in [5, 5.41) is 15.5. The van der Waals surface area contributed by atoms with Crippen molar-refractivity contribution in [3.05, 3.63) is 52.4 Å². The number of hydrogen-bond acceptors (Lipinski definition) is 7. The van der Waals surface area contributed by atoms with E-state index in [1.165, 1.54) is 6.07 Å². The van der Waals surface area contributed by atoms with E-state index in [1.54, 1.807) is 18.2 Å². The van der Waals surface area contributed by atoms with Gasteiger partial charge < -0.3 is 25.2 Å². The van der Waals surface area contributed by atoms with Crippen LogP contribution >= 0.6 is 23.4 Å². The number of benzene rings is 1. The largest absolute Gasteiger partial charge is 0.490 e. The van der Waals surface area contributed by atoms with Crippen LogP contribution in [0.1, 0.15) is 59.2 Å². The molecule has 37 heavy (non-hydrogen) atoms. The molecule has 2 aliphatic rings. The molecule has 1 aliphatic heterocycles. The number of nitrogens with zero attached hydrogens (tertiary/aromatic N) is 1. The number of amides is 2. The minimum absolute atomic E-state index is 0.0278. The number of halogens is 2. The summed E-state index contributed by atoms with van der Waals surface area (Å²) in [6.07, 6.45) is 5.42. The highest BCUT2D eigenvalue weighted by molar-refractivity contribution is 7.99. The molecule has 1 saturated carbocycles. The summed E-state index contributed by atoms with van der Waals surface area (Å²) in [4.78, 5) is 29.9. The molecule has 200 valence electrons. The van der Waals surface area contributed by atoms with Crippen LogP contribution in [0.3, 0.4) is 0 Å². The van der Waals surface area contributed by atoms with Crippen LogP contribution in [0.2, 0.25) is 5.02 Å². The lowest BCUT2D eigenvalue weighted by molar-refractivity contribution is 0.0883. The van der Waals surface area contributed by atoms with Gasteiger partial charge in [-0.15, -0.1) is 0 Å². The van der Waals surface area contributed by atoms with Gasteiger partial charge in [0.1, 0.15) is 29.8 Å². The molecular weight excluding hydrogens is 521 g/mol. The molecule has 2 aromatic rings. The molecule has 8 nitrogen and oxygen atoms in total. The van der Waals surface area contributed by atoms with Gasteiger partial charge in [0.2, 0.25) is 5.88 Å². The van der Waals surface area contributed by atoms with Crippen LogP contribution in [0.25, 0.3) is 0 Å². The average Bonchev–Trinajstić information content (AvgIpc) is 2.90. The molecule has 4 rings (SSSR count). The van der Waals surface area contributed by atoms with Crippen LogP contribution in [0.4, 0.5) is 4.39 Å². The number of aliphatic hydroxyl groups excluding tert-OH is 1. The lowest BCUT2D eigenvalue weighted by Crippen LogP contribution is -2.44. The second-order valence-electron chi connectivity index (χ2n) is 9.14. The molecule has 1 saturated heterocycles. The molecule has 1 aromatic heterocycles. The highest BCUT2D eigenvalue weighted by Crippen LogP contribution is 2.27. The van der Waals surface area contributed by atoms with Gasteiger partial charge in [-0.25, -0.2) is 9.37 Å². The predicted octanol–water partition coefficient (Wildman–Crippen LogP) is 3.99. The molecule has 0 radical (unpaired) electrons. The Hall–Kier alpha value is -2.56. The fourth-order valence-electron chi connectivity index (χ4n) is 4.50. The molecule has 0 unspecified atom stereocenters. The molecule has 0 spiro atoms. The summed E-state index contributed by atoms with van der Waals surface area (Å²) in [6.45, 7) is -0.124.